The highest BCUT2D eigenvalue weighted by Gasteiger charge is 2.37. The van der Waals surface area contributed by atoms with Crippen LogP contribution >= 0.6 is 0 Å². The van der Waals surface area contributed by atoms with Gasteiger partial charge in [0.05, 0.1) is 28.6 Å². The van der Waals surface area contributed by atoms with Crippen molar-refractivity contribution >= 4 is 31.7 Å². The summed E-state index contributed by atoms with van der Waals surface area (Å²) in [6.45, 7) is 5.15. The number of aliphatic hydroxyl groups is 1. The summed E-state index contributed by atoms with van der Waals surface area (Å²) in [5.41, 5.74) is 8.07. The lowest BCUT2D eigenvalue weighted by molar-refractivity contribution is -0.135. The van der Waals surface area contributed by atoms with Crippen molar-refractivity contribution in [3.8, 4) is 0 Å². The predicted octanol–water partition coefficient (Wildman–Crippen LogP) is 3.45. The maximum Gasteiger partial charge on any atom is 0.408 e. The molecule has 49 heavy (non-hydrogen) atoms. The van der Waals surface area contributed by atoms with E-state index in [1.54, 1.807) is 12.1 Å². The maximum absolute atomic E-state index is 14.3. The predicted molar refractivity (Wildman–Crippen MR) is 183 cm³/mol. The first-order chi connectivity index (χ1) is 23.0. The number of hydrogen-bond acceptors (Lipinski definition) is 9. The quantitative estimate of drug-likeness (QED) is 0.208. The van der Waals surface area contributed by atoms with Crippen LogP contribution in [0.25, 0.3) is 0 Å². The lowest BCUT2D eigenvalue weighted by Gasteiger charge is -2.32. The Hall–Kier alpha value is -3.14. The molecule has 4 atom stereocenters. The molecule has 2 aromatic rings. The zero-order chi connectivity index (χ0) is 36.4. The van der Waals surface area contributed by atoms with E-state index in [1.165, 1.54) is 4.90 Å². The summed E-state index contributed by atoms with van der Waals surface area (Å²) in [5, 5.41) is 12.8. The SMILES string of the molecule is CCCC(CCC)S(=O)(=O)CC(NC(=O)OC1CCS(=O)(=O)C1)C(=O)N(Cc1cccc(CC)c1)C[C@@H](O)[C@@H](N)Cc1cc(F)cc(F)c1. The molecule has 0 saturated carbocycles. The van der Waals surface area contributed by atoms with Gasteiger partial charge in [-0.25, -0.2) is 30.4 Å². The van der Waals surface area contributed by atoms with Gasteiger partial charge >= 0.3 is 6.09 Å². The standard InChI is InChI=1S/C34H49F2N3O8S2/c1-4-8-29(9-5-2)49(45,46)22-31(38-34(42)47-28-12-13-48(43,44)21-28)33(41)39(19-24-11-7-10-23(6-3)14-24)20-32(40)30(37)17-25-15-26(35)18-27(36)16-25/h7,10-11,14-16,18,28-32,40H,4-6,8-9,12-13,17,19-22,37H2,1-3H3,(H,38,42)/t28?,30-,31?,32+/m0/s1. The molecule has 15 heteroatoms. The van der Waals surface area contributed by atoms with E-state index in [0.717, 1.165) is 17.7 Å². The number of nitrogens with one attached hydrogen (secondary N) is 1. The van der Waals surface area contributed by atoms with Gasteiger partial charge in [0.1, 0.15) is 23.8 Å². The minimum Gasteiger partial charge on any atom is -0.445 e. The van der Waals surface area contributed by atoms with E-state index in [0.29, 0.717) is 43.7 Å². The van der Waals surface area contributed by atoms with Crippen molar-refractivity contribution in [2.24, 2.45) is 5.73 Å². The van der Waals surface area contributed by atoms with Crippen LogP contribution in [-0.4, -0.2) is 92.2 Å². The molecule has 4 N–H and O–H groups in total. The topological polar surface area (TPSA) is 173 Å². The highest BCUT2D eigenvalue weighted by molar-refractivity contribution is 7.92. The van der Waals surface area contributed by atoms with E-state index in [1.807, 2.05) is 32.9 Å². The van der Waals surface area contributed by atoms with Crippen LogP contribution < -0.4 is 11.1 Å². The molecular weight excluding hydrogens is 681 g/mol. The van der Waals surface area contributed by atoms with Crippen molar-refractivity contribution in [3.63, 3.8) is 0 Å². The number of carbonyl (C=O) groups is 2. The molecule has 1 fully saturated rings. The normalized spacial score (nSPS) is 17.8. The summed E-state index contributed by atoms with van der Waals surface area (Å²) in [6.07, 6.45) is -1.03. The molecule has 1 saturated heterocycles. The van der Waals surface area contributed by atoms with E-state index >= 15 is 0 Å². The van der Waals surface area contributed by atoms with Gasteiger partial charge in [-0.15, -0.1) is 0 Å². The summed E-state index contributed by atoms with van der Waals surface area (Å²) in [7, 11) is -7.36. The first-order valence-corrected chi connectivity index (χ1v) is 20.2. The third kappa shape index (κ3) is 12.6. The van der Waals surface area contributed by atoms with Crippen LogP contribution in [0, 0.1) is 11.6 Å². The second-order valence-electron chi connectivity index (χ2n) is 12.8. The van der Waals surface area contributed by atoms with Crippen molar-refractivity contribution in [1.82, 2.24) is 10.2 Å². The summed E-state index contributed by atoms with van der Waals surface area (Å²) in [4.78, 5) is 28.6. The minimum absolute atomic E-state index is 0.0704. The second kappa shape index (κ2) is 18.2. The lowest BCUT2D eigenvalue weighted by Crippen LogP contribution is -2.55. The van der Waals surface area contributed by atoms with E-state index in [9.17, 15) is 40.3 Å². The van der Waals surface area contributed by atoms with Gasteiger partial charge in [0.15, 0.2) is 19.7 Å². The van der Waals surface area contributed by atoms with Crippen LogP contribution in [0.15, 0.2) is 42.5 Å². The highest BCUT2D eigenvalue weighted by atomic mass is 32.2. The Morgan fingerprint density at radius 1 is 1.04 bits per heavy atom. The van der Waals surface area contributed by atoms with Crippen LogP contribution in [0.3, 0.4) is 0 Å². The second-order valence-corrected chi connectivity index (χ2v) is 17.3. The molecule has 1 aliphatic rings. The lowest BCUT2D eigenvalue weighted by atomic mass is 10.0. The third-order valence-electron chi connectivity index (χ3n) is 8.56. The number of nitrogens with two attached hydrogens (primary N) is 1. The van der Waals surface area contributed by atoms with E-state index in [2.05, 4.69) is 5.32 Å². The molecule has 0 radical (unpaired) electrons. The number of alkyl carbamates (subject to hydrolysis) is 1. The fourth-order valence-corrected chi connectivity index (χ4v) is 9.73. The smallest absolute Gasteiger partial charge is 0.408 e. The van der Waals surface area contributed by atoms with Crippen LogP contribution in [-0.2, 0) is 48.6 Å². The number of aliphatic hydroxyl groups excluding tert-OH is 1. The Balaban J connectivity index is 1.95. The fraction of sp³-hybridized carbons (Fsp3) is 0.588. The van der Waals surface area contributed by atoms with E-state index in [4.69, 9.17) is 10.5 Å². The molecule has 1 aliphatic heterocycles. The summed E-state index contributed by atoms with van der Waals surface area (Å²) >= 11 is 0. The molecule has 2 unspecified atom stereocenters. The molecule has 274 valence electrons. The summed E-state index contributed by atoms with van der Waals surface area (Å²) in [6, 6.07) is 7.46. The van der Waals surface area contributed by atoms with E-state index in [-0.39, 0.29) is 36.5 Å². The van der Waals surface area contributed by atoms with Gasteiger partial charge in [-0.05, 0) is 60.9 Å². The first kappa shape index (κ1) is 40.3. The van der Waals surface area contributed by atoms with Gasteiger partial charge in [0, 0.05) is 25.2 Å². The van der Waals surface area contributed by atoms with Crippen LogP contribution in [0.4, 0.5) is 13.6 Å². The summed E-state index contributed by atoms with van der Waals surface area (Å²) < 4.78 is 84.3. The molecule has 0 aromatic heterocycles. The van der Waals surface area contributed by atoms with Crippen molar-refractivity contribution in [2.75, 3.05) is 23.8 Å². The number of rotatable bonds is 18. The Bertz CT molecular complexity index is 1620. The average molecular weight is 730 g/mol. The molecule has 1 heterocycles. The molecule has 2 aromatic carbocycles. The minimum atomic E-state index is -3.96. The van der Waals surface area contributed by atoms with E-state index < -0.39 is 85.1 Å². The van der Waals surface area contributed by atoms with Crippen LogP contribution in [0.1, 0.15) is 69.6 Å². The third-order valence-corrected chi connectivity index (χ3v) is 12.6. The Kier molecular flexibility index (Phi) is 15.0. The van der Waals surface area contributed by atoms with Gasteiger partial charge in [0.25, 0.3) is 0 Å². The van der Waals surface area contributed by atoms with Crippen molar-refractivity contribution in [3.05, 3.63) is 70.8 Å². The molecule has 11 nitrogen and oxygen atoms in total. The Labute approximate surface area is 288 Å². The average Bonchev–Trinajstić information content (AvgIpc) is 3.36. The number of hydrogen-bond donors (Lipinski definition) is 3. The number of carbonyl (C=O) groups excluding carboxylic acids is 2. The van der Waals surface area contributed by atoms with Gasteiger partial charge in [0.2, 0.25) is 5.91 Å². The van der Waals surface area contributed by atoms with Gasteiger partial charge in [-0.1, -0.05) is 57.9 Å². The van der Waals surface area contributed by atoms with Crippen LogP contribution in [0.2, 0.25) is 0 Å². The molecular formula is C34H49F2N3O8S2. The first-order valence-electron chi connectivity index (χ1n) is 16.7. The highest BCUT2D eigenvalue weighted by Crippen LogP contribution is 2.20. The van der Waals surface area contributed by atoms with Crippen LogP contribution in [0.5, 0.6) is 0 Å². The maximum atomic E-state index is 14.3. The Morgan fingerprint density at radius 3 is 2.24 bits per heavy atom. The number of sulfone groups is 2. The van der Waals surface area contributed by atoms with Crippen molar-refractivity contribution in [2.45, 2.75) is 102 Å². The van der Waals surface area contributed by atoms with Gasteiger partial charge in [-0.3, -0.25) is 4.79 Å². The molecule has 2 amide bonds. The van der Waals surface area contributed by atoms with Gasteiger partial charge in [-0.2, -0.15) is 0 Å². The van der Waals surface area contributed by atoms with Crippen molar-refractivity contribution in [1.29, 1.82) is 0 Å². The monoisotopic (exact) mass is 729 g/mol. The number of halogens is 2. The molecule has 0 aliphatic carbocycles. The number of ether oxygens (including phenoxy) is 1. The number of nitrogens with zero attached hydrogens (tertiary/aromatic N) is 1. The number of benzene rings is 2. The van der Waals surface area contributed by atoms with Crippen molar-refractivity contribution < 1.29 is 45.0 Å². The fourth-order valence-electron chi connectivity index (χ4n) is 5.99. The zero-order valence-corrected chi connectivity index (χ0v) is 29.9. The molecule has 3 rings (SSSR count). The number of aryl methyl sites for hydroxylation is 1. The Morgan fingerprint density at radius 2 is 1.67 bits per heavy atom. The summed E-state index contributed by atoms with van der Waals surface area (Å²) in [5.74, 6) is -3.77. The molecule has 0 bridgehead atoms. The molecule has 0 spiro atoms. The number of amides is 2. The largest absolute Gasteiger partial charge is 0.445 e. The van der Waals surface area contributed by atoms with Gasteiger partial charge < -0.3 is 25.8 Å². The zero-order valence-electron chi connectivity index (χ0n) is 28.3.